The third kappa shape index (κ3) is 3.20. The van der Waals surface area contributed by atoms with Crippen LogP contribution in [0.2, 0.25) is 10.0 Å². The lowest BCUT2D eigenvalue weighted by molar-refractivity contribution is -0.385. The first-order valence-corrected chi connectivity index (χ1v) is 6.69. The van der Waals surface area contributed by atoms with Gasteiger partial charge in [-0.3, -0.25) is 10.1 Å². The first-order valence-electron chi connectivity index (χ1n) is 5.15. The van der Waals surface area contributed by atoms with Gasteiger partial charge in [-0.1, -0.05) is 23.2 Å². The Balaban J connectivity index is 2.44. The summed E-state index contributed by atoms with van der Waals surface area (Å²) in [5, 5.41) is 11.1. The van der Waals surface area contributed by atoms with Crippen LogP contribution in [0.15, 0.2) is 34.8 Å². The molecule has 0 bridgehead atoms. The predicted molar refractivity (Wildman–Crippen MR) is 77.3 cm³/mol. The molecule has 0 heterocycles. The van der Waals surface area contributed by atoms with E-state index in [4.69, 9.17) is 27.9 Å². The number of ether oxygens (including phenoxy) is 1. The second-order valence-corrected chi connectivity index (χ2v) is 5.34. The Morgan fingerprint density at radius 1 is 1.20 bits per heavy atom. The van der Waals surface area contributed by atoms with Crippen molar-refractivity contribution in [2.24, 2.45) is 0 Å². The maximum absolute atomic E-state index is 13.4. The largest absolute Gasteiger partial charge is 0.450 e. The number of halogens is 4. The van der Waals surface area contributed by atoms with Gasteiger partial charge in [-0.2, -0.15) is 0 Å². The monoisotopic (exact) mass is 379 g/mol. The van der Waals surface area contributed by atoms with Crippen LogP contribution in [0.3, 0.4) is 0 Å². The molecule has 0 radical (unpaired) electrons. The fraction of sp³-hybridized carbons (Fsp3) is 0. The molecule has 0 aliphatic heterocycles. The SMILES string of the molecule is O=[N+]([O-])c1cc(Cl)c(Cl)cc1Oc1ccc(Br)c(F)c1. The molecular weight excluding hydrogens is 376 g/mol. The topological polar surface area (TPSA) is 52.4 Å². The Bertz CT molecular complexity index is 697. The van der Waals surface area contributed by atoms with Crippen LogP contribution in [0.4, 0.5) is 10.1 Å². The van der Waals surface area contributed by atoms with Crippen LogP contribution in [0.5, 0.6) is 11.5 Å². The number of nitro groups is 1. The lowest BCUT2D eigenvalue weighted by atomic mass is 10.3. The third-order valence-corrected chi connectivity index (χ3v) is 3.68. The molecule has 0 amide bonds. The molecule has 0 unspecified atom stereocenters. The molecule has 0 aliphatic carbocycles. The van der Waals surface area contributed by atoms with Crippen LogP contribution in [-0.2, 0) is 0 Å². The molecule has 0 aliphatic rings. The van der Waals surface area contributed by atoms with Crippen LogP contribution in [0, 0.1) is 15.9 Å². The minimum Gasteiger partial charge on any atom is -0.450 e. The zero-order valence-electron chi connectivity index (χ0n) is 9.57. The molecule has 0 atom stereocenters. The molecule has 0 fully saturated rings. The van der Waals surface area contributed by atoms with Crippen molar-refractivity contribution in [1.29, 1.82) is 0 Å². The number of nitro benzene ring substituents is 1. The fourth-order valence-corrected chi connectivity index (χ4v) is 1.97. The summed E-state index contributed by atoms with van der Waals surface area (Å²) in [7, 11) is 0. The van der Waals surface area contributed by atoms with Crippen molar-refractivity contribution in [2.75, 3.05) is 0 Å². The van der Waals surface area contributed by atoms with Crippen molar-refractivity contribution in [3.05, 3.63) is 60.8 Å². The first kappa shape index (κ1) is 15.0. The second-order valence-electron chi connectivity index (χ2n) is 3.67. The maximum Gasteiger partial charge on any atom is 0.313 e. The lowest BCUT2D eigenvalue weighted by Crippen LogP contribution is -1.94. The van der Waals surface area contributed by atoms with Crippen LogP contribution in [0.1, 0.15) is 0 Å². The van der Waals surface area contributed by atoms with Crippen molar-refractivity contribution in [3.8, 4) is 11.5 Å². The van der Waals surface area contributed by atoms with E-state index in [0.29, 0.717) is 0 Å². The normalized spacial score (nSPS) is 10.4. The van der Waals surface area contributed by atoms with Gasteiger partial charge in [0.1, 0.15) is 11.6 Å². The highest BCUT2D eigenvalue weighted by Crippen LogP contribution is 2.38. The third-order valence-electron chi connectivity index (χ3n) is 2.32. The van der Waals surface area contributed by atoms with Gasteiger partial charge in [-0.15, -0.1) is 0 Å². The molecule has 2 aromatic rings. The highest BCUT2D eigenvalue weighted by atomic mass is 79.9. The van der Waals surface area contributed by atoms with Crippen molar-refractivity contribution < 1.29 is 14.1 Å². The molecule has 0 aromatic heterocycles. The number of hydrogen-bond acceptors (Lipinski definition) is 3. The average molecular weight is 381 g/mol. The molecule has 0 spiro atoms. The van der Waals surface area contributed by atoms with E-state index in [0.717, 1.165) is 12.1 Å². The van der Waals surface area contributed by atoms with Gasteiger partial charge in [0.25, 0.3) is 0 Å². The number of nitrogens with zero attached hydrogens (tertiary/aromatic N) is 1. The van der Waals surface area contributed by atoms with Gasteiger partial charge in [0.2, 0.25) is 5.75 Å². The Hall–Kier alpha value is -1.37. The van der Waals surface area contributed by atoms with Crippen molar-refractivity contribution in [1.82, 2.24) is 0 Å². The summed E-state index contributed by atoms with van der Waals surface area (Å²) in [4.78, 5) is 10.3. The van der Waals surface area contributed by atoms with E-state index < -0.39 is 10.7 Å². The maximum atomic E-state index is 13.4. The minimum atomic E-state index is -0.660. The molecule has 104 valence electrons. The summed E-state index contributed by atoms with van der Waals surface area (Å²) < 4.78 is 18.9. The van der Waals surface area contributed by atoms with Crippen LogP contribution in [-0.4, -0.2) is 4.92 Å². The van der Waals surface area contributed by atoms with Gasteiger partial charge in [0, 0.05) is 18.2 Å². The highest BCUT2D eigenvalue weighted by Gasteiger charge is 2.19. The predicted octanol–water partition coefficient (Wildman–Crippen LogP) is 5.60. The Morgan fingerprint density at radius 3 is 2.45 bits per heavy atom. The number of hydrogen-bond donors (Lipinski definition) is 0. The Morgan fingerprint density at radius 2 is 1.85 bits per heavy atom. The van der Waals surface area contributed by atoms with Crippen molar-refractivity contribution >= 4 is 44.8 Å². The van der Waals surface area contributed by atoms with E-state index in [9.17, 15) is 14.5 Å². The second kappa shape index (κ2) is 5.95. The zero-order chi connectivity index (χ0) is 14.9. The van der Waals surface area contributed by atoms with Crippen LogP contribution in [0.25, 0.3) is 0 Å². The smallest absolute Gasteiger partial charge is 0.313 e. The van der Waals surface area contributed by atoms with Crippen molar-refractivity contribution in [3.63, 3.8) is 0 Å². The molecule has 0 saturated heterocycles. The summed E-state index contributed by atoms with van der Waals surface area (Å²) >= 11 is 14.5. The Labute approximate surface area is 131 Å². The zero-order valence-corrected chi connectivity index (χ0v) is 12.7. The van der Waals surface area contributed by atoms with Gasteiger partial charge in [-0.25, -0.2) is 4.39 Å². The molecule has 20 heavy (non-hydrogen) atoms. The highest BCUT2D eigenvalue weighted by molar-refractivity contribution is 9.10. The van der Waals surface area contributed by atoms with E-state index in [1.165, 1.54) is 18.2 Å². The molecular formula is C12H5BrCl2FNO3. The van der Waals surface area contributed by atoms with E-state index in [1.54, 1.807) is 0 Å². The van der Waals surface area contributed by atoms with Gasteiger partial charge >= 0.3 is 5.69 Å². The summed E-state index contributed by atoms with van der Waals surface area (Å²) in [6.07, 6.45) is 0. The average Bonchev–Trinajstić information content (AvgIpc) is 2.37. The Kier molecular flexibility index (Phi) is 4.47. The van der Waals surface area contributed by atoms with E-state index >= 15 is 0 Å². The molecule has 2 rings (SSSR count). The molecule has 0 N–H and O–H groups in total. The van der Waals surface area contributed by atoms with Crippen LogP contribution >= 0.6 is 39.1 Å². The van der Waals surface area contributed by atoms with Crippen LogP contribution < -0.4 is 4.74 Å². The van der Waals surface area contributed by atoms with Gasteiger partial charge in [0.15, 0.2) is 0 Å². The fourth-order valence-electron chi connectivity index (χ4n) is 1.41. The van der Waals surface area contributed by atoms with E-state index in [2.05, 4.69) is 15.9 Å². The van der Waals surface area contributed by atoms with Gasteiger partial charge in [0.05, 0.1) is 19.4 Å². The molecule has 2 aromatic carbocycles. The summed E-state index contributed by atoms with van der Waals surface area (Å²) in [5.74, 6) is -0.566. The van der Waals surface area contributed by atoms with Gasteiger partial charge < -0.3 is 4.74 Å². The van der Waals surface area contributed by atoms with E-state index in [1.807, 2.05) is 0 Å². The summed E-state index contributed by atoms with van der Waals surface area (Å²) in [6, 6.07) is 6.26. The van der Waals surface area contributed by atoms with E-state index in [-0.39, 0.29) is 31.7 Å². The standard InChI is InChI=1S/C12H5BrCl2FNO3/c13-7-2-1-6(3-10(7)16)20-12-5-9(15)8(14)4-11(12)17(18)19/h1-5H. The molecule has 0 saturated carbocycles. The molecule has 8 heteroatoms. The quantitative estimate of drug-likeness (QED) is 0.514. The van der Waals surface area contributed by atoms with Crippen molar-refractivity contribution in [2.45, 2.75) is 0 Å². The minimum absolute atomic E-state index is 0.0349. The number of benzene rings is 2. The van der Waals surface area contributed by atoms with Gasteiger partial charge in [-0.05, 0) is 28.1 Å². The number of rotatable bonds is 3. The lowest BCUT2D eigenvalue weighted by Gasteiger charge is -2.08. The summed E-state index contributed by atoms with van der Waals surface area (Å²) in [6.45, 7) is 0. The first-order chi connectivity index (χ1) is 9.38. The summed E-state index contributed by atoms with van der Waals surface area (Å²) in [5.41, 5.74) is -0.359. The molecule has 4 nitrogen and oxygen atoms in total.